The SMILES string of the molecule is CC[C@@H](C)NC(=O)N1CCc2c(c(C(=O)Nc3ccccc3)nn2C)C1. The molecule has 26 heavy (non-hydrogen) atoms. The van der Waals surface area contributed by atoms with Gasteiger partial charge in [0, 0.05) is 43.0 Å². The Balaban J connectivity index is 1.79. The third-order valence-corrected chi connectivity index (χ3v) is 4.76. The normalized spacial score (nSPS) is 14.5. The van der Waals surface area contributed by atoms with Crippen LogP contribution in [0.2, 0.25) is 0 Å². The summed E-state index contributed by atoms with van der Waals surface area (Å²) < 4.78 is 1.75. The average Bonchev–Trinajstić information content (AvgIpc) is 2.98. The van der Waals surface area contributed by atoms with Gasteiger partial charge in [0.25, 0.3) is 5.91 Å². The first-order chi connectivity index (χ1) is 12.5. The lowest BCUT2D eigenvalue weighted by Crippen LogP contribution is -2.46. The molecule has 3 amide bonds. The van der Waals surface area contributed by atoms with E-state index >= 15 is 0 Å². The molecule has 1 atom stereocenters. The molecule has 3 rings (SSSR count). The molecule has 0 unspecified atom stereocenters. The molecule has 1 aromatic carbocycles. The van der Waals surface area contributed by atoms with Gasteiger partial charge in [0.05, 0.1) is 6.54 Å². The average molecular weight is 355 g/mol. The second-order valence-corrected chi connectivity index (χ2v) is 6.65. The third kappa shape index (κ3) is 3.71. The largest absolute Gasteiger partial charge is 0.336 e. The smallest absolute Gasteiger partial charge is 0.317 e. The zero-order valence-electron chi connectivity index (χ0n) is 15.5. The van der Waals surface area contributed by atoms with Gasteiger partial charge in [0.15, 0.2) is 5.69 Å². The highest BCUT2D eigenvalue weighted by atomic mass is 16.2. The minimum Gasteiger partial charge on any atom is -0.336 e. The number of para-hydroxylation sites is 1. The van der Waals surface area contributed by atoms with Crippen LogP contribution in [-0.4, -0.2) is 39.2 Å². The summed E-state index contributed by atoms with van der Waals surface area (Å²) in [4.78, 5) is 26.9. The van der Waals surface area contributed by atoms with Crippen molar-refractivity contribution in [2.24, 2.45) is 7.05 Å². The van der Waals surface area contributed by atoms with Crippen LogP contribution in [0.3, 0.4) is 0 Å². The Morgan fingerprint density at radius 2 is 2.00 bits per heavy atom. The standard InChI is InChI=1S/C19H25N5O2/c1-4-13(2)20-19(26)24-11-10-16-15(12-24)17(22-23(16)3)18(25)21-14-8-6-5-7-9-14/h5-9,13H,4,10-12H2,1-3H3,(H,20,26)(H,21,25)/t13-/m1/s1. The highest BCUT2D eigenvalue weighted by Crippen LogP contribution is 2.23. The van der Waals surface area contributed by atoms with E-state index in [9.17, 15) is 9.59 Å². The van der Waals surface area contributed by atoms with Gasteiger partial charge in [-0.15, -0.1) is 0 Å². The van der Waals surface area contributed by atoms with E-state index in [1.54, 1.807) is 9.58 Å². The lowest BCUT2D eigenvalue weighted by Gasteiger charge is -2.29. The Morgan fingerprint density at radius 1 is 1.27 bits per heavy atom. The molecule has 2 aromatic rings. The maximum Gasteiger partial charge on any atom is 0.317 e. The van der Waals surface area contributed by atoms with E-state index in [-0.39, 0.29) is 18.0 Å². The molecular weight excluding hydrogens is 330 g/mol. The fraction of sp³-hybridized carbons (Fsp3) is 0.421. The molecule has 0 saturated carbocycles. The van der Waals surface area contributed by atoms with Gasteiger partial charge < -0.3 is 15.5 Å². The number of amides is 3. The highest BCUT2D eigenvalue weighted by Gasteiger charge is 2.29. The Labute approximate surface area is 153 Å². The number of nitrogens with zero attached hydrogens (tertiary/aromatic N) is 3. The Hall–Kier alpha value is -2.83. The number of aromatic nitrogens is 2. The second kappa shape index (κ2) is 7.59. The number of urea groups is 1. The lowest BCUT2D eigenvalue weighted by molar-refractivity contribution is 0.101. The molecule has 0 aliphatic carbocycles. The molecule has 138 valence electrons. The van der Waals surface area contributed by atoms with Gasteiger partial charge in [-0.25, -0.2) is 4.79 Å². The molecule has 7 nitrogen and oxygen atoms in total. The Kier molecular flexibility index (Phi) is 5.25. The molecule has 0 saturated heterocycles. The first kappa shape index (κ1) is 18.0. The van der Waals surface area contributed by atoms with Crippen molar-refractivity contribution >= 4 is 17.6 Å². The highest BCUT2D eigenvalue weighted by molar-refractivity contribution is 6.04. The number of hydrogen-bond acceptors (Lipinski definition) is 3. The fourth-order valence-corrected chi connectivity index (χ4v) is 3.06. The minimum atomic E-state index is -0.253. The van der Waals surface area contributed by atoms with Crippen LogP contribution in [0.4, 0.5) is 10.5 Å². The lowest BCUT2D eigenvalue weighted by atomic mass is 10.0. The number of benzene rings is 1. The zero-order chi connectivity index (χ0) is 18.7. The van der Waals surface area contributed by atoms with E-state index in [0.29, 0.717) is 25.2 Å². The van der Waals surface area contributed by atoms with Crippen LogP contribution in [-0.2, 0) is 20.0 Å². The van der Waals surface area contributed by atoms with Crippen molar-refractivity contribution in [3.8, 4) is 0 Å². The molecule has 1 aliphatic rings. The van der Waals surface area contributed by atoms with Gasteiger partial charge in [-0.05, 0) is 25.5 Å². The monoisotopic (exact) mass is 355 g/mol. The van der Waals surface area contributed by atoms with Crippen LogP contribution < -0.4 is 10.6 Å². The van der Waals surface area contributed by atoms with Gasteiger partial charge >= 0.3 is 6.03 Å². The summed E-state index contributed by atoms with van der Waals surface area (Å²) in [7, 11) is 1.84. The van der Waals surface area contributed by atoms with Gasteiger partial charge in [0.1, 0.15) is 0 Å². The maximum absolute atomic E-state index is 12.7. The number of carbonyl (C=O) groups excluding carboxylic acids is 2. The number of hydrogen-bond donors (Lipinski definition) is 2. The molecule has 2 heterocycles. The minimum absolute atomic E-state index is 0.0942. The number of nitrogens with one attached hydrogen (secondary N) is 2. The van der Waals surface area contributed by atoms with Crippen LogP contribution in [0.15, 0.2) is 30.3 Å². The zero-order valence-corrected chi connectivity index (χ0v) is 15.5. The van der Waals surface area contributed by atoms with E-state index in [0.717, 1.165) is 23.4 Å². The van der Waals surface area contributed by atoms with E-state index in [1.807, 2.05) is 51.2 Å². The second-order valence-electron chi connectivity index (χ2n) is 6.65. The van der Waals surface area contributed by atoms with E-state index in [4.69, 9.17) is 0 Å². The summed E-state index contributed by atoms with van der Waals surface area (Å²) >= 11 is 0. The number of fused-ring (bicyclic) bond motifs is 1. The van der Waals surface area contributed by atoms with Crippen LogP contribution in [0.25, 0.3) is 0 Å². The number of anilines is 1. The molecule has 2 N–H and O–H groups in total. The third-order valence-electron chi connectivity index (χ3n) is 4.76. The summed E-state index contributed by atoms with van der Waals surface area (Å²) in [5, 5.41) is 10.3. The molecule has 0 bridgehead atoms. The topological polar surface area (TPSA) is 79.3 Å². The molecule has 7 heteroatoms. The number of rotatable bonds is 4. The molecule has 0 fully saturated rings. The van der Waals surface area contributed by atoms with Crippen molar-refractivity contribution in [2.45, 2.75) is 39.3 Å². The Morgan fingerprint density at radius 3 is 2.69 bits per heavy atom. The molecule has 1 aromatic heterocycles. The summed E-state index contributed by atoms with van der Waals surface area (Å²) in [5.74, 6) is -0.253. The van der Waals surface area contributed by atoms with E-state index in [1.165, 1.54) is 0 Å². The predicted molar refractivity (Wildman–Crippen MR) is 100 cm³/mol. The molecular formula is C19H25N5O2. The van der Waals surface area contributed by atoms with Crippen LogP contribution in [0.5, 0.6) is 0 Å². The summed E-state index contributed by atoms with van der Waals surface area (Å²) in [6.45, 7) is 5.03. The summed E-state index contributed by atoms with van der Waals surface area (Å²) in [5.41, 5.74) is 2.94. The van der Waals surface area contributed by atoms with Crippen LogP contribution in [0, 0.1) is 0 Å². The van der Waals surface area contributed by atoms with Crippen molar-refractivity contribution < 1.29 is 9.59 Å². The number of carbonyl (C=O) groups is 2. The first-order valence-electron chi connectivity index (χ1n) is 8.96. The fourth-order valence-electron chi connectivity index (χ4n) is 3.06. The van der Waals surface area contributed by atoms with Gasteiger partial charge in [0.2, 0.25) is 0 Å². The molecule has 1 aliphatic heterocycles. The van der Waals surface area contributed by atoms with Crippen LogP contribution >= 0.6 is 0 Å². The predicted octanol–water partition coefficient (Wildman–Crippen LogP) is 2.54. The van der Waals surface area contributed by atoms with Crippen molar-refractivity contribution in [1.82, 2.24) is 20.0 Å². The molecule has 0 spiro atoms. The quantitative estimate of drug-likeness (QED) is 0.884. The van der Waals surface area contributed by atoms with Gasteiger partial charge in [-0.1, -0.05) is 25.1 Å². The number of aryl methyl sites for hydroxylation is 1. The summed E-state index contributed by atoms with van der Waals surface area (Å²) in [6.07, 6.45) is 1.56. The Bertz CT molecular complexity index is 800. The van der Waals surface area contributed by atoms with Crippen LogP contribution in [0.1, 0.15) is 42.0 Å². The van der Waals surface area contributed by atoms with E-state index < -0.39 is 0 Å². The van der Waals surface area contributed by atoms with Gasteiger partial charge in [-0.2, -0.15) is 5.10 Å². The molecule has 0 radical (unpaired) electrons. The van der Waals surface area contributed by atoms with Crippen molar-refractivity contribution in [3.05, 3.63) is 47.3 Å². The van der Waals surface area contributed by atoms with Crippen molar-refractivity contribution in [1.29, 1.82) is 0 Å². The van der Waals surface area contributed by atoms with Crippen molar-refractivity contribution in [2.75, 3.05) is 11.9 Å². The van der Waals surface area contributed by atoms with Gasteiger partial charge in [-0.3, -0.25) is 9.48 Å². The maximum atomic E-state index is 12.7. The summed E-state index contributed by atoms with van der Waals surface area (Å²) in [6, 6.07) is 9.32. The van der Waals surface area contributed by atoms with Crippen molar-refractivity contribution in [3.63, 3.8) is 0 Å². The first-order valence-corrected chi connectivity index (χ1v) is 8.96. The van der Waals surface area contributed by atoms with E-state index in [2.05, 4.69) is 15.7 Å².